The second-order valence-electron chi connectivity index (χ2n) is 9.06. The van der Waals surface area contributed by atoms with Gasteiger partial charge in [0.2, 0.25) is 11.8 Å². The highest BCUT2D eigenvalue weighted by molar-refractivity contribution is 6.02. The van der Waals surface area contributed by atoms with Gasteiger partial charge in [0.15, 0.2) is 0 Å². The highest BCUT2D eigenvalue weighted by Gasteiger charge is 2.35. The molecule has 2 heterocycles. The van der Waals surface area contributed by atoms with Crippen LogP contribution in [0.4, 0.5) is 5.69 Å². The van der Waals surface area contributed by atoms with Crippen molar-refractivity contribution in [1.82, 2.24) is 25.3 Å². The zero-order valence-corrected chi connectivity index (χ0v) is 21.4. The number of carbonyl (C=O) groups is 2. The van der Waals surface area contributed by atoms with Crippen molar-refractivity contribution in [2.75, 3.05) is 18.1 Å². The summed E-state index contributed by atoms with van der Waals surface area (Å²) in [5.74, 6) is 0.298. The summed E-state index contributed by atoms with van der Waals surface area (Å²) in [5.41, 5.74) is 2.50. The van der Waals surface area contributed by atoms with Crippen molar-refractivity contribution >= 4 is 28.5 Å². The lowest BCUT2D eigenvalue weighted by molar-refractivity contribution is -0.127. The van der Waals surface area contributed by atoms with E-state index in [4.69, 9.17) is 4.74 Å². The highest BCUT2D eigenvalue weighted by atomic mass is 16.5. The summed E-state index contributed by atoms with van der Waals surface area (Å²) in [4.78, 5) is 33.5. The van der Waals surface area contributed by atoms with E-state index in [2.05, 4.69) is 34.5 Å². The summed E-state index contributed by atoms with van der Waals surface area (Å²) in [7, 11) is 0. The molecule has 0 aliphatic rings. The Morgan fingerprint density at radius 1 is 1.05 bits per heavy atom. The van der Waals surface area contributed by atoms with Gasteiger partial charge in [-0.3, -0.25) is 19.5 Å². The lowest BCUT2D eigenvalue weighted by Gasteiger charge is -2.32. The normalized spacial score (nSPS) is 11.9. The molecule has 2 aromatic carbocycles. The first-order valence-corrected chi connectivity index (χ1v) is 12.5. The summed E-state index contributed by atoms with van der Waals surface area (Å²) in [6, 6.07) is 17.3. The maximum atomic E-state index is 14.1. The molecule has 192 valence electrons. The van der Waals surface area contributed by atoms with E-state index in [1.54, 1.807) is 41.3 Å². The predicted octanol–water partition coefficient (Wildman–Crippen LogP) is 4.16. The number of anilines is 1. The van der Waals surface area contributed by atoms with Gasteiger partial charge in [-0.05, 0) is 49.6 Å². The number of hydrogen-bond donors (Lipinski definition) is 1. The number of hydrogen-bond acceptors (Lipinski definition) is 6. The monoisotopic (exact) mass is 500 g/mol. The third kappa shape index (κ3) is 6.11. The summed E-state index contributed by atoms with van der Waals surface area (Å²) in [6.07, 6.45) is 4.07. The van der Waals surface area contributed by atoms with Crippen molar-refractivity contribution in [3.63, 3.8) is 0 Å². The Morgan fingerprint density at radius 3 is 2.59 bits per heavy atom. The zero-order valence-electron chi connectivity index (χ0n) is 21.4. The average molecular weight is 501 g/mol. The molecule has 2 amide bonds. The molecular formula is C28H32N6O3. The Hall–Kier alpha value is -4.27. The van der Waals surface area contributed by atoms with Gasteiger partial charge in [0, 0.05) is 24.5 Å². The maximum absolute atomic E-state index is 14.1. The molecule has 1 atom stereocenters. The van der Waals surface area contributed by atoms with E-state index in [-0.39, 0.29) is 18.4 Å². The molecule has 0 bridgehead atoms. The van der Waals surface area contributed by atoms with Crippen LogP contribution in [0.2, 0.25) is 0 Å². The van der Waals surface area contributed by atoms with Crippen LogP contribution in [0, 0.1) is 5.92 Å². The van der Waals surface area contributed by atoms with Crippen LogP contribution in [0.15, 0.2) is 73.1 Å². The van der Waals surface area contributed by atoms with Gasteiger partial charge >= 0.3 is 0 Å². The summed E-state index contributed by atoms with van der Waals surface area (Å²) >= 11 is 0. The smallest absolute Gasteiger partial charge is 0.249 e. The third-order valence-corrected chi connectivity index (χ3v) is 5.93. The molecule has 0 fully saturated rings. The van der Waals surface area contributed by atoms with E-state index < -0.39 is 6.04 Å². The fraction of sp³-hybridized carbons (Fsp3) is 0.321. The van der Waals surface area contributed by atoms with Crippen molar-refractivity contribution in [3.05, 3.63) is 78.6 Å². The van der Waals surface area contributed by atoms with Crippen LogP contribution in [0.3, 0.4) is 0 Å². The van der Waals surface area contributed by atoms with Gasteiger partial charge in [0.25, 0.3) is 0 Å². The van der Waals surface area contributed by atoms with Gasteiger partial charge < -0.3 is 10.1 Å². The van der Waals surface area contributed by atoms with Crippen molar-refractivity contribution < 1.29 is 14.3 Å². The number of amides is 2. The molecule has 4 rings (SSSR count). The van der Waals surface area contributed by atoms with E-state index in [0.29, 0.717) is 41.6 Å². The zero-order chi connectivity index (χ0) is 26.2. The number of nitrogens with zero attached hydrogens (tertiary/aromatic N) is 5. The lowest BCUT2D eigenvalue weighted by atomic mass is 10.0. The largest absolute Gasteiger partial charge is 0.492 e. The van der Waals surface area contributed by atoms with Crippen LogP contribution in [-0.2, 0) is 16.1 Å². The van der Waals surface area contributed by atoms with Gasteiger partial charge in [0.1, 0.15) is 23.9 Å². The first-order valence-electron chi connectivity index (χ1n) is 12.5. The quantitative estimate of drug-likeness (QED) is 0.332. The Bertz CT molecular complexity index is 1340. The number of carbonyl (C=O) groups excluding carboxylic acids is 2. The highest BCUT2D eigenvalue weighted by Crippen LogP contribution is 2.35. The SMILES string of the molecule is CCOc1ccccc1N(C(=O)Cn1nnc2ccccc21)[C@H](C(=O)NCCC(C)C)c1cccnc1. The Kier molecular flexibility index (Phi) is 8.45. The van der Waals surface area contributed by atoms with Crippen molar-refractivity contribution in [1.29, 1.82) is 0 Å². The Balaban J connectivity index is 1.79. The molecule has 4 aromatic rings. The number of pyridine rings is 1. The number of rotatable bonds is 11. The Labute approximate surface area is 216 Å². The number of benzene rings is 2. The van der Waals surface area contributed by atoms with Crippen molar-refractivity contribution in [2.45, 2.75) is 39.8 Å². The van der Waals surface area contributed by atoms with Crippen molar-refractivity contribution in [3.8, 4) is 5.75 Å². The average Bonchev–Trinajstić information content (AvgIpc) is 3.30. The Morgan fingerprint density at radius 2 is 1.84 bits per heavy atom. The molecule has 0 saturated heterocycles. The molecule has 0 aliphatic heterocycles. The van der Waals surface area contributed by atoms with Crippen molar-refractivity contribution in [2.24, 2.45) is 5.92 Å². The fourth-order valence-electron chi connectivity index (χ4n) is 4.13. The van der Waals surface area contributed by atoms with E-state index in [0.717, 1.165) is 11.9 Å². The first-order chi connectivity index (χ1) is 18.0. The molecular weight excluding hydrogens is 468 g/mol. The van der Waals surface area contributed by atoms with Crippen LogP contribution < -0.4 is 15.0 Å². The van der Waals surface area contributed by atoms with Crippen LogP contribution in [0.1, 0.15) is 38.8 Å². The minimum absolute atomic E-state index is 0.114. The molecule has 9 heteroatoms. The first kappa shape index (κ1) is 25.8. The molecule has 0 saturated carbocycles. The molecule has 0 unspecified atom stereocenters. The standard InChI is InChI=1S/C28H32N6O3/c1-4-37-25-14-8-7-13-24(25)34(26(35)19-33-23-12-6-5-11-22(23)31-32-33)27(21-10-9-16-29-18-21)28(36)30-17-15-20(2)3/h5-14,16,18,20,27H,4,15,17,19H2,1-3H3,(H,30,36)/t27-/m0/s1. The molecule has 0 aliphatic carbocycles. The minimum Gasteiger partial charge on any atom is -0.492 e. The van der Waals surface area contributed by atoms with Gasteiger partial charge in [-0.25, -0.2) is 4.68 Å². The second kappa shape index (κ2) is 12.1. The van der Waals surface area contributed by atoms with E-state index >= 15 is 0 Å². The predicted molar refractivity (Wildman–Crippen MR) is 142 cm³/mol. The third-order valence-electron chi connectivity index (χ3n) is 5.93. The van der Waals surface area contributed by atoms with Crippen LogP contribution in [-0.4, -0.2) is 44.9 Å². The van der Waals surface area contributed by atoms with Gasteiger partial charge in [-0.15, -0.1) is 5.10 Å². The number of fused-ring (bicyclic) bond motifs is 1. The number of para-hydroxylation sites is 3. The van der Waals surface area contributed by atoms with E-state index in [1.807, 2.05) is 43.3 Å². The van der Waals surface area contributed by atoms with E-state index in [9.17, 15) is 9.59 Å². The lowest BCUT2D eigenvalue weighted by Crippen LogP contribution is -2.45. The summed E-state index contributed by atoms with van der Waals surface area (Å²) < 4.78 is 7.42. The molecule has 0 spiro atoms. The summed E-state index contributed by atoms with van der Waals surface area (Å²) in [5, 5.41) is 11.4. The van der Waals surface area contributed by atoms with Gasteiger partial charge in [-0.2, -0.15) is 0 Å². The molecule has 37 heavy (non-hydrogen) atoms. The summed E-state index contributed by atoms with van der Waals surface area (Å²) in [6.45, 7) is 6.86. The van der Waals surface area contributed by atoms with Crippen LogP contribution >= 0.6 is 0 Å². The molecule has 0 radical (unpaired) electrons. The van der Waals surface area contributed by atoms with Crippen LogP contribution in [0.25, 0.3) is 11.0 Å². The maximum Gasteiger partial charge on any atom is 0.249 e. The second-order valence-corrected chi connectivity index (χ2v) is 9.06. The molecule has 2 aromatic heterocycles. The molecule has 1 N–H and O–H groups in total. The van der Waals surface area contributed by atoms with E-state index in [1.165, 1.54) is 4.90 Å². The fourth-order valence-corrected chi connectivity index (χ4v) is 4.13. The van der Waals surface area contributed by atoms with Gasteiger partial charge in [0.05, 0.1) is 17.8 Å². The number of nitrogens with one attached hydrogen (secondary N) is 1. The number of ether oxygens (including phenoxy) is 1. The minimum atomic E-state index is -0.968. The topological polar surface area (TPSA) is 102 Å². The van der Waals surface area contributed by atoms with Crippen LogP contribution in [0.5, 0.6) is 5.75 Å². The molecule has 9 nitrogen and oxygen atoms in total. The van der Waals surface area contributed by atoms with Gasteiger partial charge in [-0.1, -0.05) is 49.4 Å². The number of aromatic nitrogens is 4.